The van der Waals surface area contributed by atoms with Gasteiger partial charge >= 0.3 is 0 Å². The van der Waals surface area contributed by atoms with Crippen molar-refractivity contribution in [1.29, 1.82) is 0 Å². The molecule has 0 bridgehead atoms. The van der Waals surface area contributed by atoms with Crippen LogP contribution in [-0.2, 0) is 11.2 Å². The summed E-state index contributed by atoms with van der Waals surface area (Å²) in [5.41, 5.74) is 2.94. The van der Waals surface area contributed by atoms with Crippen molar-refractivity contribution >= 4 is 11.8 Å². The molecule has 0 aromatic heterocycles. The Kier molecular flexibility index (Phi) is 5.49. The average Bonchev–Trinajstić information content (AvgIpc) is 2.90. The van der Waals surface area contributed by atoms with E-state index < -0.39 is 0 Å². The Morgan fingerprint density at radius 3 is 2.20 bits per heavy atom. The lowest BCUT2D eigenvalue weighted by Gasteiger charge is -2.22. The summed E-state index contributed by atoms with van der Waals surface area (Å²) < 4.78 is 0. The Labute approximate surface area is 149 Å². The number of benzene rings is 2. The van der Waals surface area contributed by atoms with Gasteiger partial charge in [0.15, 0.2) is 0 Å². The Hall–Kier alpha value is -2.62. The van der Waals surface area contributed by atoms with Crippen LogP contribution in [0.2, 0.25) is 0 Å². The van der Waals surface area contributed by atoms with Crippen molar-refractivity contribution in [1.82, 2.24) is 9.80 Å². The zero-order chi connectivity index (χ0) is 17.6. The van der Waals surface area contributed by atoms with Crippen LogP contribution in [0.1, 0.15) is 27.9 Å². The summed E-state index contributed by atoms with van der Waals surface area (Å²) in [5, 5.41) is 0. The fraction of sp³-hybridized carbons (Fsp3) is 0.333. The van der Waals surface area contributed by atoms with Gasteiger partial charge in [0.25, 0.3) is 5.91 Å². The van der Waals surface area contributed by atoms with E-state index in [0.29, 0.717) is 38.2 Å². The molecule has 4 heteroatoms. The van der Waals surface area contributed by atoms with Crippen LogP contribution in [0.3, 0.4) is 0 Å². The van der Waals surface area contributed by atoms with E-state index in [-0.39, 0.29) is 11.8 Å². The van der Waals surface area contributed by atoms with Crippen LogP contribution in [-0.4, -0.2) is 47.8 Å². The summed E-state index contributed by atoms with van der Waals surface area (Å²) in [4.78, 5) is 28.9. The van der Waals surface area contributed by atoms with Crippen molar-refractivity contribution in [2.45, 2.75) is 19.8 Å². The van der Waals surface area contributed by atoms with Crippen molar-refractivity contribution in [3.05, 3.63) is 71.3 Å². The molecule has 130 valence electrons. The van der Waals surface area contributed by atoms with E-state index >= 15 is 0 Å². The third-order valence-electron chi connectivity index (χ3n) is 4.63. The monoisotopic (exact) mass is 336 g/mol. The standard InChI is InChI=1S/C21H24N2O2/c1-17-8-10-18(11-9-17)16-20(24)22-12-5-13-23(15-14-22)21(25)19-6-3-2-4-7-19/h2-4,6-11H,5,12-16H2,1H3. The van der Waals surface area contributed by atoms with Gasteiger partial charge in [0, 0.05) is 31.7 Å². The number of rotatable bonds is 3. The SMILES string of the molecule is Cc1ccc(CC(=O)N2CCCN(C(=O)c3ccccc3)CC2)cc1. The number of carbonyl (C=O) groups is 2. The van der Waals surface area contributed by atoms with Crippen molar-refractivity contribution < 1.29 is 9.59 Å². The second-order valence-electron chi connectivity index (χ2n) is 6.55. The van der Waals surface area contributed by atoms with Gasteiger partial charge in [-0.15, -0.1) is 0 Å². The first-order valence-corrected chi connectivity index (χ1v) is 8.81. The molecule has 0 N–H and O–H groups in total. The van der Waals surface area contributed by atoms with E-state index in [4.69, 9.17) is 0 Å². The smallest absolute Gasteiger partial charge is 0.253 e. The van der Waals surface area contributed by atoms with Gasteiger partial charge in [0.2, 0.25) is 5.91 Å². The highest BCUT2D eigenvalue weighted by Crippen LogP contribution is 2.11. The molecule has 1 heterocycles. The summed E-state index contributed by atoms with van der Waals surface area (Å²) in [6.45, 7) is 4.64. The van der Waals surface area contributed by atoms with Crippen LogP contribution in [0.15, 0.2) is 54.6 Å². The van der Waals surface area contributed by atoms with Gasteiger partial charge in [-0.1, -0.05) is 48.0 Å². The molecule has 1 aliphatic heterocycles. The molecule has 0 saturated carbocycles. The number of amides is 2. The fourth-order valence-corrected chi connectivity index (χ4v) is 3.13. The number of nitrogens with zero attached hydrogens (tertiary/aromatic N) is 2. The van der Waals surface area contributed by atoms with E-state index in [2.05, 4.69) is 0 Å². The number of hydrogen-bond donors (Lipinski definition) is 0. The van der Waals surface area contributed by atoms with Gasteiger partial charge < -0.3 is 9.80 Å². The minimum absolute atomic E-state index is 0.0495. The average molecular weight is 336 g/mol. The third kappa shape index (κ3) is 4.47. The number of carbonyl (C=O) groups excluding carboxylic acids is 2. The topological polar surface area (TPSA) is 40.6 Å². The Balaban J connectivity index is 1.58. The van der Waals surface area contributed by atoms with Crippen molar-refractivity contribution in [3.8, 4) is 0 Å². The van der Waals surface area contributed by atoms with E-state index in [1.165, 1.54) is 5.56 Å². The molecule has 0 aliphatic carbocycles. The molecule has 3 rings (SSSR count). The zero-order valence-corrected chi connectivity index (χ0v) is 14.6. The molecule has 0 unspecified atom stereocenters. The predicted molar refractivity (Wildman–Crippen MR) is 98.4 cm³/mol. The molecule has 1 fully saturated rings. The van der Waals surface area contributed by atoms with E-state index in [9.17, 15) is 9.59 Å². The van der Waals surface area contributed by atoms with Crippen LogP contribution < -0.4 is 0 Å². The molecule has 4 nitrogen and oxygen atoms in total. The molecule has 25 heavy (non-hydrogen) atoms. The highest BCUT2D eigenvalue weighted by atomic mass is 16.2. The molecule has 2 aromatic carbocycles. The molecule has 0 radical (unpaired) electrons. The van der Waals surface area contributed by atoms with Gasteiger partial charge in [-0.3, -0.25) is 9.59 Å². The van der Waals surface area contributed by atoms with Gasteiger partial charge in [-0.05, 0) is 31.0 Å². The summed E-state index contributed by atoms with van der Waals surface area (Å²) in [6, 6.07) is 17.4. The van der Waals surface area contributed by atoms with Gasteiger partial charge in [-0.25, -0.2) is 0 Å². The third-order valence-corrected chi connectivity index (χ3v) is 4.63. The van der Waals surface area contributed by atoms with Crippen molar-refractivity contribution in [3.63, 3.8) is 0 Å². The maximum absolute atomic E-state index is 12.6. The maximum Gasteiger partial charge on any atom is 0.253 e. The molecular formula is C21H24N2O2. The molecule has 2 aromatic rings. The zero-order valence-electron chi connectivity index (χ0n) is 14.6. The minimum Gasteiger partial charge on any atom is -0.341 e. The minimum atomic E-state index is 0.0495. The Morgan fingerprint density at radius 1 is 0.840 bits per heavy atom. The van der Waals surface area contributed by atoms with Crippen LogP contribution in [0, 0.1) is 6.92 Å². The lowest BCUT2D eigenvalue weighted by atomic mass is 10.1. The normalized spacial score (nSPS) is 14.9. The largest absolute Gasteiger partial charge is 0.341 e. The van der Waals surface area contributed by atoms with Crippen molar-refractivity contribution in [2.75, 3.05) is 26.2 Å². The molecule has 2 amide bonds. The lowest BCUT2D eigenvalue weighted by molar-refractivity contribution is -0.130. The van der Waals surface area contributed by atoms with Crippen LogP contribution in [0.4, 0.5) is 0 Å². The summed E-state index contributed by atoms with van der Waals surface area (Å²) in [7, 11) is 0. The highest BCUT2D eigenvalue weighted by molar-refractivity contribution is 5.94. The second kappa shape index (κ2) is 7.97. The van der Waals surface area contributed by atoms with E-state index in [0.717, 1.165) is 12.0 Å². The van der Waals surface area contributed by atoms with Crippen molar-refractivity contribution in [2.24, 2.45) is 0 Å². The molecule has 0 spiro atoms. The molecule has 0 atom stereocenters. The molecule has 1 aliphatic rings. The number of hydrogen-bond acceptors (Lipinski definition) is 2. The summed E-state index contributed by atoms with van der Waals surface area (Å²) >= 11 is 0. The fourth-order valence-electron chi connectivity index (χ4n) is 3.13. The Morgan fingerprint density at radius 2 is 1.48 bits per heavy atom. The molecular weight excluding hydrogens is 312 g/mol. The first-order valence-electron chi connectivity index (χ1n) is 8.81. The van der Waals surface area contributed by atoms with Gasteiger partial charge in [-0.2, -0.15) is 0 Å². The van der Waals surface area contributed by atoms with Crippen LogP contribution in [0.25, 0.3) is 0 Å². The van der Waals surface area contributed by atoms with Crippen LogP contribution >= 0.6 is 0 Å². The number of aryl methyl sites for hydroxylation is 1. The van der Waals surface area contributed by atoms with E-state index in [1.54, 1.807) is 0 Å². The highest BCUT2D eigenvalue weighted by Gasteiger charge is 2.22. The van der Waals surface area contributed by atoms with Gasteiger partial charge in [0.1, 0.15) is 0 Å². The summed E-state index contributed by atoms with van der Waals surface area (Å²) in [6.07, 6.45) is 1.24. The molecule has 1 saturated heterocycles. The first kappa shape index (κ1) is 17.2. The first-order chi connectivity index (χ1) is 12.1. The maximum atomic E-state index is 12.6. The summed E-state index contributed by atoms with van der Waals surface area (Å²) in [5.74, 6) is 0.186. The quantitative estimate of drug-likeness (QED) is 0.865. The lowest BCUT2D eigenvalue weighted by Crippen LogP contribution is -2.38. The predicted octanol–water partition coefficient (Wildman–Crippen LogP) is 2.91. The van der Waals surface area contributed by atoms with E-state index in [1.807, 2.05) is 71.3 Å². The van der Waals surface area contributed by atoms with Gasteiger partial charge in [0.05, 0.1) is 6.42 Å². The van der Waals surface area contributed by atoms with Crippen LogP contribution in [0.5, 0.6) is 0 Å². The Bertz CT molecular complexity index is 725. The second-order valence-corrected chi connectivity index (χ2v) is 6.55.